The van der Waals surface area contributed by atoms with Crippen molar-refractivity contribution in [3.05, 3.63) is 28.8 Å². The minimum Gasteiger partial charge on any atom is -0.508 e. The Morgan fingerprint density at radius 1 is 1.29 bits per heavy atom. The third kappa shape index (κ3) is 3.20. The van der Waals surface area contributed by atoms with Gasteiger partial charge in [-0.05, 0) is 42.1 Å². The van der Waals surface area contributed by atoms with Crippen LogP contribution in [0.2, 0.25) is 0 Å². The van der Waals surface area contributed by atoms with Crippen LogP contribution in [-0.4, -0.2) is 23.8 Å². The molecule has 0 saturated heterocycles. The lowest BCUT2D eigenvalue weighted by atomic mass is 9.84. The SMILES string of the molecule is CNCC(O)c1cc(O)c(C(C)(C)C)cc1C. The van der Waals surface area contributed by atoms with Crippen LogP contribution in [0.3, 0.4) is 0 Å². The molecule has 0 aliphatic rings. The van der Waals surface area contributed by atoms with Gasteiger partial charge in [0, 0.05) is 6.54 Å². The van der Waals surface area contributed by atoms with Crippen molar-refractivity contribution >= 4 is 0 Å². The monoisotopic (exact) mass is 237 g/mol. The van der Waals surface area contributed by atoms with Crippen LogP contribution in [0.25, 0.3) is 0 Å². The topological polar surface area (TPSA) is 52.5 Å². The largest absolute Gasteiger partial charge is 0.508 e. The first kappa shape index (κ1) is 14.0. The van der Waals surface area contributed by atoms with E-state index in [2.05, 4.69) is 26.1 Å². The predicted molar refractivity (Wildman–Crippen MR) is 70.4 cm³/mol. The van der Waals surface area contributed by atoms with Crippen molar-refractivity contribution in [1.82, 2.24) is 5.32 Å². The number of hydrogen-bond donors (Lipinski definition) is 3. The van der Waals surface area contributed by atoms with Crippen LogP contribution in [0.15, 0.2) is 12.1 Å². The van der Waals surface area contributed by atoms with Crippen molar-refractivity contribution in [3.63, 3.8) is 0 Å². The van der Waals surface area contributed by atoms with Gasteiger partial charge in [-0.1, -0.05) is 26.8 Å². The zero-order chi connectivity index (χ0) is 13.2. The number of nitrogens with one attached hydrogen (secondary N) is 1. The first-order valence-electron chi connectivity index (χ1n) is 5.94. The maximum Gasteiger partial charge on any atom is 0.119 e. The molecule has 0 amide bonds. The summed E-state index contributed by atoms with van der Waals surface area (Å²) in [6.45, 7) is 8.62. The molecule has 1 rings (SSSR count). The van der Waals surface area contributed by atoms with E-state index in [1.54, 1.807) is 13.1 Å². The average Bonchev–Trinajstić information content (AvgIpc) is 2.19. The van der Waals surface area contributed by atoms with Gasteiger partial charge in [-0.25, -0.2) is 0 Å². The van der Waals surface area contributed by atoms with Crippen LogP contribution in [0.4, 0.5) is 0 Å². The first-order chi connectivity index (χ1) is 7.77. The molecule has 0 aliphatic carbocycles. The summed E-state index contributed by atoms with van der Waals surface area (Å²) in [6, 6.07) is 3.64. The summed E-state index contributed by atoms with van der Waals surface area (Å²) >= 11 is 0. The lowest BCUT2D eigenvalue weighted by Gasteiger charge is -2.23. The summed E-state index contributed by atoms with van der Waals surface area (Å²) in [4.78, 5) is 0. The minimum absolute atomic E-state index is 0.0959. The number of aliphatic hydroxyl groups excluding tert-OH is 1. The number of phenolic OH excluding ortho intramolecular Hbond substituents is 1. The molecule has 1 aromatic carbocycles. The van der Waals surface area contributed by atoms with E-state index in [4.69, 9.17) is 0 Å². The van der Waals surface area contributed by atoms with Gasteiger partial charge in [0.15, 0.2) is 0 Å². The molecule has 96 valence electrons. The number of aryl methyl sites for hydroxylation is 1. The van der Waals surface area contributed by atoms with Gasteiger partial charge in [0.25, 0.3) is 0 Å². The molecule has 0 fully saturated rings. The highest BCUT2D eigenvalue weighted by atomic mass is 16.3. The fourth-order valence-electron chi connectivity index (χ4n) is 1.98. The number of phenols is 1. The van der Waals surface area contributed by atoms with Gasteiger partial charge in [0.05, 0.1) is 6.10 Å². The van der Waals surface area contributed by atoms with E-state index < -0.39 is 6.10 Å². The van der Waals surface area contributed by atoms with Crippen LogP contribution in [0.1, 0.15) is 43.6 Å². The molecule has 0 radical (unpaired) electrons. The van der Waals surface area contributed by atoms with E-state index in [1.807, 2.05) is 13.0 Å². The predicted octanol–water partition coefficient (Wildman–Crippen LogP) is 2.25. The van der Waals surface area contributed by atoms with Crippen LogP contribution in [0, 0.1) is 6.92 Å². The number of hydrogen-bond acceptors (Lipinski definition) is 3. The molecule has 0 saturated carbocycles. The third-order valence-corrected chi connectivity index (χ3v) is 2.95. The number of rotatable bonds is 3. The molecule has 0 heterocycles. The van der Waals surface area contributed by atoms with Crippen molar-refractivity contribution in [2.45, 2.75) is 39.2 Å². The van der Waals surface area contributed by atoms with Gasteiger partial charge >= 0.3 is 0 Å². The van der Waals surface area contributed by atoms with Crippen LogP contribution >= 0.6 is 0 Å². The molecule has 17 heavy (non-hydrogen) atoms. The Hall–Kier alpha value is -1.06. The van der Waals surface area contributed by atoms with Crippen molar-refractivity contribution in [2.24, 2.45) is 0 Å². The van der Waals surface area contributed by atoms with Gasteiger partial charge in [-0.3, -0.25) is 0 Å². The highest BCUT2D eigenvalue weighted by Crippen LogP contribution is 2.34. The molecule has 0 spiro atoms. The number of aliphatic hydroxyl groups is 1. The van der Waals surface area contributed by atoms with Gasteiger partial charge in [-0.15, -0.1) is 0 Å². The summed E-state index contributed by atoms with van der Waals surface area (Å²) < 4.78 is 0. The second kappa shape index (κ2) is 5.07. The minimum atomic E-state index is -0.583. The second-order valence-corrected chi connectivity index (χ2v) is 5.55. The van der Waals surface area contributed by atoms with E-state index in [0.29, 0.717) is 6.54 Å². The zero-order valence-electron chi connectivity index (χ0n) is 11.3. The van der Waals surface area contributed by atoms with Crippen LogP contribution in [-0.2, 0) is 5.41 Å². The Kier molecular flexibility index (Phi) is 4.17. The number of aromatic hydroxyl groups is 1. The molecule has 3 nitrogen and oxygen atoms in total. The molecule has 1 atom stereocenters. The van der Waals surface area contributed by atoms with E-state index in [1.165, 1.54) is 0 Å². The van der Waals surface area contributed by atoms with E-state index >= 15 is 0 Å². The second-order valence-electron chi connectivity index (χ2n) is 5.55. The quantitative estimate of drug-likeness (QED) is 0.755. The van der Waals surface area contributed by atoms with Gasteiger partial charge in [0.1, 0.15) is 5.75 Å². The van der Waals surface area contributed by atoms with Crippen LogP contribution in [0.5, 0.6) is 5.75 Å². The Morgan fingerprint density at radius 3 is 2.35 bits per heavy atom. The summed E-state index contributed by atoms with van der Waals surface area (Å²) in [5.74, 6) is 0.258. The first-order valence-corrected chi connectivity index (χ1v) is 5.94. The van der Waals surface area contributed by atoms with E-state index in [-0.39, 0.29) is 11.2 Å². The standard InChI is InChI=1S/C14H23NO2/c1-9-6-11(14(2,3)4)12(16)7-10(9)13(17)8-15-5/h6-7,13,15-17H,8H2,1-5H3. The van der Waals surface area contributed by atoms with Crippen molar-refractivity contribution < 1.29 is 10.2 Å². The molecule has 0 bridgehead atoms. The van der Waals surface area contributed by atoms with Gasteiger partial charge in [0.2, 0.25) is 0 Å². The molecule has 3 N–H and O–H groups in total. The Morgan fingerprint density at radius 2 is 1.88 bits per heavy atom. The lowest BCUT2D eigenvalue weighted by Crippen LogP contribution is -2.18. The molecule has 0 aromatic heterocycles. The smallest absolute Gasteiger partial charge is 0.119 e. The highest BCUT2D eigenvalue weighted by Gasteiger charge is 2.21. The third-order valence-electron chi connectivity index (χ3n) is 2.95. The average molecular weight is 237 g/mol. The molecular formula is C14H23NO2. The van der Waals surface area contributed by atoms with Crippen molar-refractivity contribution in [2.75, 3.05) is 13.6 Å². The van der Waals surface area contributed by atoms with E-state index in [9.17, 15) is 10.2 Å². The van der Waals surface area contributed by atoms with Gasteiger partial charge < -0.3 is 15.5 Å². The van der Waals surface area contributed by atoms with Crippen molar-refractivity contribution in [3.8, 4) is 5.75 Å². The number of likely N-dealkylation sites (N-methyl/N-ethyl adjacent to an activating group) is 1. The fraction of sp³-hybridized carbons (Fsp3) is 0.571. The molecule has 1 aromatic rings. The Labute approximate surface area is 103 Å². The summed E-state index contributed by atoms with van der Waals surface area (Å²) in [5.41, 5.74) is 2.61. The molecule has 3 heteroatoms. The van der Waals surface area contributed by atoms with E-state index in [0.717, 1.165) is 16.7 Å². The zero-order valence-corrected chi connectivity index (χ0v) is 11.3. The summed E-state index contributed by atoms with van der Waals surface area (Å²) in [5, 5.41) is 22.9. The summed E-state index contributed by atoms with van der Waals surface area (Å²) in [7, 11) is 1.79. The van der Waals surface area contributed by atoms with Gasteiger partial charge in [-0.2, -0.15) is 0 Å². The number of benzene rings is 1. The highest BCUT2D eigenvalue weighted by molar-refractivity contribution is 5.45. The molecule has 1 unspecified atom stereocenters. The normalized spacial score (nSPS) is 13.8. The summed E-state index contributed by atoms with van der Waals surface area (Å²) in [6.07, 6.45) is -0.583. The maximum absolute atomic E-state index is 10.0. The Balaban J connectivity index is 3.18. The Bertz CT molecular complexity index is 394. The molecular weight excluding hydrogens is 214 g/mol. The fourth-order valence-corrected chi connectivity index (χ4v) is 1.98. The lowest BCUT2D eigenvalue weighted by molar-refractivity contribution is 0.176. The van der Waals surface area contributed by atoms with Crippen LogP contribution < -0.4 is 5.32 Å². The maximum atomic E-state index is 10.0. The van der Waals surface area contributed by atoms with Crippen molar-refractivity contribution in [1.29, 1.82) is 0 Å². The molecule has 0 aliphatic heterocycles.